The molecule has 0 heterocycles. The summed E-state index contributed by atoms with van der Waals surface area (Å²) in [7, 11) is 0. The van der Waals surface area contributed by atoms with Gasteiger partial charge >= 0.3 is 0 Å². The third kappa shape index (κ3) is 3.83. The average Bonchev–Trinajstić information content (AvgIpc) is 2.47. The second kappa shape index (κ2) is 7.08. The van der Waals surface area contributed by atoms with E-state index in [-0.39, 0.29) is 0 Å². The third-order valence-electron chi connectivity index (χ3n) is 3.45. The fourth-order valence-corrected chi connectivity index (χ4v) is 2.28. The lowest BCUT2D eigenvalue weighted by molar-refractivity contribution is 0.170. The van der Waals surface area contributed by atoms with E-state index >= 15 is 0 Å². The van der Waals surface area contributed by atoms with Gasteiger partial charge in [0.1, 0.15) is 5.75 Å². The summed E-state index contributed by atoms with van der Waals surface area (Å²) in [5, 5.41) is 19.7. The van der Waals surface area contributed by atoms with E-state index in [1.54, 1.807) is 6.07 Å². The van der Waals surface area contributed by atoms with Crippen molar-refractivity contribution in [2.75, 3.05) is 6.54 Å². The van der Waals surface area contributed by atoms with Crippen molar-refractivity contribution in [2.24, 2.45) is 5.73 Å². The van der Waals surface area contributed by atoms with E-state index in [0.29, 0.717) is 18.7 Å². The lowest BCUT2D eigenvalue weighted by atomic mass is 9.99. The van der Waals surface area contributed by atoms with Crippen LogP contribution in [0.5, 0.6) is 5.75 Å². The monoisotopic (exact) mass is 271 g/mol. The number of aryl methyl sites for hydroxylation is 2. The van der Waals surface area contributed by atoms with Crippen LogP contribution in [0.4, 0.5) is 0 Å². The summed E-state index contributed by atoms with van der Waals surface area (Å²) >= 11 is 0. The first-order valence-electron chi connectivity index (χ1n) is 6.94. The Morgan fingerprint density at radius 1 is 1.00 bits per heavy atom. The maximum absolute atomic E-state index is 9.95. The number of nitrogens with two attached hydrogens (primary N) is 1. The molecule has 0 aliphatic carbocycles. The Morgan fingerprint density at radius 2 is 1.80 bits per heavy atom. The normalized spacial score (nSPS) is 12.3. The van der Waals surface area contributed by atoms with Crippen LogP contribution >= 0.6 is 0 Å². The van der Waals surface area contributed by atoms with Gasteiger partial charge in [-0.2, -0.15) is 0 Å². The van der Waals surface area contributed by atoms with Crippen molar-refractivity contribution in [1.29, 1.82) is 0 Å². The highest BCUT2D eigenvalue weighted by Crippen LogP contribution is 2.20. The van der Waals surface area contributed by atoms with Crippen molar-refractivity contribution in [1.82, 2.24) is 0 Å². The minimum atomic E-state index is -0.495. The van der Waals surface area contributed by atoms with Crippen molar-refractivity contribution in [3.05, 3.63) is 65.2 Å². The zero-order valence-corrected chi connectivity index (χ0v) is 11.5. The van der Waals surface area contributed by atoms with E-state index in [9.17, 15) is 10.2 Å². The molecular formula is C17H21NO2. The number of para-hydroxylation sites is 1. The van der Waals surface area contributed by atoms with E-state index in [0.717, 1.165) is 29.5 Å². The van der Waals surface area contributed by atoms with Crippen molar-refractivity contribution < 1.29 is 10.2 Å². The lowest BCUT2D eigenvalue weighted by Crippen LogP contribution is -2.07. The van der Waals surface area contributed by atoms with Gasteiger partial charge in [0.05, 0.1) is 6.10 Å². The van der Waals surface area contributed by atoms with Crippen LogP contribution in [0.25, 0.3) is 0 Å². The number of aromatic hydroxyl groups is 1. The predicted molar refractivity (Wildman–Crippen MR) is 80.6 cm³/mol. The number of aliphatic hydroxyl groups excluding tert-OH is 1. The summed E-state index contributed by atoms with van der Waals surface area (Å²) in [4.78, 5) is 0. The number of hydrogen-bond donors (Lipinski definition) is 3. The summed E-state index contributed by atoms with van der Waals surface area (Å²) in [5.41, 5.74) is 8.48. The van der Waals surface area contributed by atoms with Crippen LogP contribution in [-0.4, -0.2) is 16.8 Å². The van der Waals surface area contributed by atoms with Gasteiger partial charge in [-0.1, -0.05) is 42.5 Å². The number of benzene rings is 2. The molecule has 0 aromatic heterocycles. The Bertz CT molecular complexity index is 554. The van der Waals surface area contributed by atoms with Gasteiger partial charge in [-0.25, -0.2) is 0 Å². The Hall–Kier alpha value is -1.84. The third-order valence-corrected chi connectivity index (χ3v) is 3.45. The molecule has 20 heavy (non-hydrogen) atoms. The van der Waals surface area contributed by atoms with Crippen molar-refractivity contribution >= 4 is 0 Å². The Kier molecular flexibility index (Phi) is 5.16. The molecule has 0 amide bonds. The van der Waals surface area contributed by atoms with Gasteiger partial charge in [0.15, 0.2) is 0 Å². The molecule has 0 bridgehead atoms. The summed E-state index contributed by atoms with van der Waals surface area (Å²) < 4.78 is 0. The van der Waals surface area contributed by atoms with Gasteiger partial charge in [0, 0.05) is 0 Å². The molecule has 0 fully saturated rings. The first-order chi connectivity index (χ1) is 9.70. The van der Waals surface area contributed by atoms with Crippen LogP contribution in [0.15, 0.2) is 48.5 Å². The van der Waals surface area contributed by atoms with Crippen LogP contribution in [0.2, 0.25) is 0 Å². The molecule has 0 spiro atoms. The van der Waals surface area contributed by atoms with E-state index < -0.39 is 6.10 Å². The zero-order chi connectivity index (χ0) is 14.4. The fourth-order valence-electron chi connectivity index (χ4n) is 2.28. The topological polar surface area (TPSA) is 66.5 Å². The highest BCUT2D eigenvalue weighted by Gasteiger charge is 2.07. The first-order valence-corrected chi connectivity index (χ1v) is 6.94. The fraction of sp³-hybridized carbons (Fsp3) is 0.294. The Morgan fingerprint density at radius 3 is 2.55 bits per heavy atom. The van der Waals surface area contributed by atoms with Gasteiger partial charge < -0.3 is 15.9 Å². The molecule has 3 heteroatoms. The van der Waals surface area contributed by atoms with Gasteiger partial charge in [-0.05, 0) is 48.6 Å². The van der Waals surface area contributed by atoms with Gasteiger partial charge in [-0.3, -0.25) is 0 Å². The predicted octanol–water partition coefficient (Wildman–Crippen LogP) is 2.56. The molecule has 2 aromatic rings. The molecule has 0 aliphatic rings. The number of hydrogen-bond acceptors (Lipinski definition) is 3. The molecule has 2 rings (SSSR count). The van der Waals surface area contributed by atoms with E-state index in [1.807, 2.05) is 42.5 Å². The van der Waals surface area contributed by atoms with Crippen LogP contribution in [0.1, 0.15) is 29.2 Å². The van der Waals surface area contributed by atoms with Crippen molar-refractivity contribution in [2.45, 2.75) is 25.4 Å². The molecule has 106 valence electrons. The molecule has 3 nitrogen and oxygen atoms in total. The molecule has 2 aromatic carbocycles. The summed E-state index contributed by atoms with van der Waals surface area (Å²) in [6, 6.07) is 15.3. The lowest BCUT2D eigenvalue weighted by Gasteiger charge is -2.11. The van der Waals surface area contributed by atoms with E-state index in [2.05, 4.69) is 0 Å². The molecule has 1 unspecified atom stereocenters. The van der Waals surface area contributed by atoms with Gasteiger partial charge in [0.25, 0.3) is 0 Å². The van der Waals surface area contributed by atoms with Gasteiger partial charge in [0.2, 0.25) is 0 Å². The number of aliphatic hydroxyl groups is 1. The largest absolute Gasteiger partial charge is 0.508 e. The summed E-state index contributed by atoms with van der Waals surface area (Å²) in [5.74, 6) is 0.340. The maximum Gasteiger partial charge on any atom is 0.118 e. The smallest absolute Gasteiger partial charge is 0.118 e. The highest BCUT2D eigenvalue weighted by atomic mass is 16.3. The number of phenolic OH excluding ortho intramolecular Hbond substituents is 1. The Labute approximate surface area is 119 Å². The second-order valence-electron chi connectivity index (χ2n) is 4.97. The first kappa shape index (κ1) is 14.6. The van der Waals surface area contributed by atoms with Crippen LogP contribution in [-0.2, 0) is 12.8 Å². The van der Waals surface area contributed by atoms with E-state index in [4.69, 9.17) is 5.73 Å². The summed E-state index contributed by atoms with van der Waals surface area (Å²) in [6.07, 6.45) is 1.69. The highest BCUT2D eigenvalue weighted by molar-refractivity contribution is 5.33. The maximum atomic E-state index is 9.95. The van der Waals surface area contributed by atoms with Crippen LogP contribution in [0, 0.1) is 0 Å². The Balaban J connectivity index is 2.03. The molecule has 0 radical (unpaired) electrons. The molecule has 0 aliphatic heterocycles. The average molecular weight is 271 g/mol. The molecule has 1 atom stereocenters. The van der Waals surface area contributed by atoms with Crippen molar-refractivity contribution in [3.8, 4) is 5.75 Å². The SMILES string of the molecule is NCCC(O)c1cccc(CCc2ccccc2O)c1. The minimum absolute atomic E-state index is 0.340. The van der Waals surface area contributed by atoms with Crippen molar-refractivity contribution in [3.63, 3.8) is 0 Å². The van der Waals surface area contributed by atoms with Crippen LogP contribution in [0.3, 0.4) is 0 Å². The minimum Gasteiger partial charge on any atom is -0.508 e. The second-order valence-corrected chi connectivity index (χ2v) is 4.97. The van der Waals surface area contributed by atoms with Gasteiger partial charge in [-0.15, -0.1) is 0 Å². The quantitative estimate of drug-likeness (QED) is 0.756. The molecular weight excluding hydrogens is 250 g/mol. The zero-order valence-electron chi connectivity index (χ0n) is 11.5. The molecule has 0 saturated heterocycles. The molecule has 0 saturated carbocycles. The molecule has 4 N–H and O–H groups in total. The standard InChI is InChI=1S/C17H21NO2/c18-11-10-17(20)15-6-3-4-13(12-15)8-9-14-5-1-2-7-16(14)19/h1-7,12,17,19-20H,8-11,18H2. The van der Waals surface area contributed by atoms with Crippen LogP contribution < -0.4 is 5.73 Å². The summed E-state index contributed by atoms with van der Waals surface area (Å²) in [6.45, 7) is 0.475. The number of phenols is 1. The number of rotatable bonds is 6. The van der Waals surface area contributed by atoms with E-state index in [1.165, 1.54) is 0 Å².